The number of likely N-dealkylation sites (N-methyl/N-ethyl adjacent to an activating group) is 1. The zero-order valence-electron chi connectivity index (χ0n) is 11.3. The molecule has 0 spiro atoms. The van der Waals surface area contributed by atoms with E-state index < -0.39 is 0 Å². The van der Waals surface area contributed by atoms with E-state index in [-0.39, 0.29) is 11.8 Å². The van der Waals surface area contributed by atoms with Gasteiger partial charge in [-0.1, -0.05) is 35.3 Å². The number of carbonyl (C=O) groups is 1. The summed E-state index contributed by atoms with van der Waals surface area (Å²) >= 11 is 13.1. The van der Waals surface area contributed by atoms with Gasteiger partial charge in [-0.3, -0.25) is 9.69 Å². The van der Waals surface area contributed by atoms with E-state index in [1.54, 1.807) is 12.1 Å². The SMILES string of the molecule is CC(c1ccc(Cl)cc1)N(C)CC(=O)c1ccc(Cl)s1. The maximum Gasteiger partial charge on any atom is 0.186 e. The Balaban J connectivity index is 2.02. The smallest absolute Gasteiger partial charge is 0.186 e. The van der Waals surface area contributed by atoms with Gasteiger partial charge < -0.3 is 0 Å². The molecular formula is C15H15Cl2NOS. The number of ketones is 1. The van der Waals surface area contributed by atoms with Gasteiger partial charge in [-0.2, -0.15) is 0 Å². The van der Waals surface area contributed by atoms with Gasteiger partial charge in [0.2, 0.25) is 0 Å². The van der Waals surface area contributed by atoms with Gasteiger partial charge >= 0.3 is 0 Å². The number of carbonyl (C=O) groups excluding carboxylic acids is 1. The van der Waals surface area contributed by atoms with Crippen LogP contribution in [0.4, 0.5) is 0 Å². The lowest BCUT2D eigenvalue weighted by Gasteiger charge is -2.24. The van der Waals surface area contributed by atoms with E-state index >= 15 is 0 Å². The van der Waals surface area contributed by atoms with Crippen molar-refractivity contribution in [3.8, 4) is 0 Å². The molecule has 2 rings (SSSR count). The minimum absolute atomic E-state index is 0.0882. The summed E-state index contributed by atoms with van der Waals surface area (Å²) in [5.41, 5.74) is 1.13. The molecule has 20 heavy (non-hydrogen) atoms. The third-order valence-corrected chi connectivity index (χ3v) is 4.78. The van der Waals surface area contributed by atoms with Crippen LogP contribution in [-0.4, -0.2) is 24.3 Å². The monoisotopic (exact) mass is 327 g/mol. The number of nitrogens with zero attached hydrogens (tertiary/aromatic N) is 1. The molecule has 5 heteroatoms. The van der Waals surface area contributed by atoms with Gasteiger partial charge in [0, 0.05) is 11.1 Å². The van der Waals surface area contributed by atoms with Crippen molar-refractivity contribution >= 4 is 40.3 Å². The molecule has 0 saturated carbocycles. The van der Waals surface area contributed by atoms with Crippen molar-refractivity contribution in [3.05, 3.63) is 56.2 Å². The van der Waals surface area contributed by atoms with Crippen LogP contribution < -0.4 is 0 Å². The molecule has 1 atom stereocenters. The van der Waals surface area contributed by atoms with Crippen molar-refractivity contribution in [2.45, 2.75) is 13.0 Å². The second-order valence-corrected chi connectivity index (χ2v) is 6.82. The highest BCUT2D eigenvalue weighted by Crippen LogP contribution is 2.24. The van der Waals surface area contributed by atoms with Crippen LogP contribution in [0.5, 0.6) is 0 Å². The van der Waals surface area contributed by atoms with Gasteiger partial charge in [-0.15, -0.1) is 11.3 Å². The van der Waals surface area contributed by atoms with Crippen molar-refractivity contribution in [1.29, 1.82) is 0 Å². The van der Waals surface area contributed by atoms with Gasteiger partial charge in [0.1, 0.15) is 0 Å². The number of Topliss-reactive ketones (excluding diaryl/α,β-unsaturated/α-hetero) is 1. The van der Waals surface area contributed by atoms with Gasteiger partial charge in [-0.05, 0) is 43.8 Å². The molecule has 0 fully saturated rings. The quantitative estimate of drug-likeness (QED) is 0.725. The Hall–Kier alpha value is -0.870. The molecule has 1 aromatic carbocycles. The Kier molecular flexibility index (Phi) is 5.22. The number of thiophene rings is 1. The van der Waals surface area contributed by atoms with Crippen LogP contribution in [0, 0.1) is 0 Å². The summed E-state index contributed by atoms with van der Waals surface area (Å²) in [4.78, 5) is 14.9. The first-order valence-electron chi connectivity index (χ1n) is 6.21. The number of hydrogen-bond acceptors (Lipinski definition) is 3. The molecule has 0 bridgehead atoms. The highest BCUT2D eigenvalue weighted by Gasteiger charge is 2.17. The molecule has 0 aliphatic rings. The van der Waals surface area contributed by atoms with Gasteiger partial charge in [-0.25, -0.2) is 0 Å². The highest BCUT2D eigenvalue weighted by molar-refractivity contribution is 7.18. The Morgan fingerprint density at radius 2 is 1.85 bits per heavy atom. The first-order chi connectivity index (χ1) is 9.47. The topological polar surface area (TPSA) is 20.3 Å². The second kappa shape index (κ2) is 6.72. The van der Waals surface area contributed by atoms with Crippen LogP contribution >= 0.6 is 34.5 Å². The first kappa shape index (κ1) is 15.5. The van der Waals surface area contributed by atoms with Gasteiger partial charge in [0.15, 0.2) is 5.78 Å². The summed E-state index contributed by atoms with van der Waals surface area (Å²) in [7, 11) is 1.94. The zero-order valence-corrected chi connectivity index (χ0v) is 13.6. The predicted molar refractivity (Wildman–Crippen MR) is 86.2 cm³/mol. The lowest BCUT2D eigenvalue weighted by molar-refractivity contribution is 0.0929. The fourth-order valence-electron chi connectivity index (χ4n) is 1.90. The number of benzene rings is 1. The van der Waals surface area contributed by atoms with Gasteiger partial charge in [0.25, 0.3) is 0 Å². The van der Waals surface area contributed by atoms with Crippen molar-refractivity contribution in [3.63, 3.8) is 0 Å². The van der Waals surface area contributed by atoms with Gasteiger partial charge in [0.05, 0.1) is 15.8 Å². The number of halogens is 2. The van der Waals surface area contributed by atoms with Crippen LogP contribution in [0.25, 0.3) is 0 Å². The molecule has 0 radical (unpaired) electrons. The average molecular weight is 328 g/mol. The van der Waals surface area contributed by atoms with E-state index in [1.807, 2.05) is 36.2 Å². The average Bonchev–Trinajstić information content (AvgIpc) is 2.85. The summed E-state index contributed by atoms with van der Waals surface area (Å²) in [5.74, 6) is 0.0882. The Labute approximate surface area is 132 Å². The van der Waals surface area contributed by atoms with Crippen molar-refractivity contribution < 1.29 is 4.79 Å². The second-order valence-electron chi connectivity index (χ2n) is 4.67. The molecule has 2 nitrogen and oxygen atoms in total. The molecule has 1 aromatic heterocycles. The van der Waals surface area contributed by atoms with Crippen molar-refractivity contribution in [1.82, 2.24) is 4.90 Å². The molecule has 2 aromatic rings. The van der Waals surface area contributed by atoms with Crippen LogP contribution in [0.2, 0.25) is 9.36 Å². The third-order valence-electron chi connectivity index (χ3n) is 3.25. The minimum Gasteiger partial charge on any atom is -0.292 e. The highest BCUT2D eigenvalue weighted by atomic mass is 35.5. The molecule has 0 aliphatic heterocycles. The third kappa shape index (κ3) is 3.83. The molecule has 1 unspecified atom stereocenters. The van der Waals surface area contributed by atoms with Crippen LogP contribution in [0.1, 0.15) is 28.2 Å². The molecule has 0 N–H and O–H groups in total. The number of rotatable bonds is 5. The van der Waals surface area contributed by atoms with E-state index in [1.165, 1.54) is 11.3 Å². The van der Waals surface area contributed by atoms with Crippen LogP contribution in [-0.2, 0) is 0 Å². The zero-order chi connectivity index (χ0) is 14.7. The van der Waals surface area contributed by atoms with Crippen LogP contribution in [0.15, 0.2) is 36.4 Å². The Bertz CT molecular complexity index is 594. The maximum absolute atomic E-state index is 12.1. The predicted octanol–water partition coefficient (Wildman–Crippen LogP) is 4.93. The summed E-state index contributed by atoms with van der Waals surface area (Å²) in [6.45, 7) is 2.43. The molecule has 106 valence electrons. The molecule has 1 heterocycles. The van der Waals surface area contributed by atoms with E-state index in [0.29, 0.717) is 20.8 Å². The normalized spacial score (nSPS) is 12.7. The molecular weight excluding hydrogens is 313 g/mol. The Morgan fingerprint density at radius 1 is 1.20 bits per heavy atom. The summed E-state index contributed by atoms with van der Waals surface area (Å²) in [5, 5.41) is 0.716. The van der Waals surface area contributed by atoms with Crippen LogP contribution in [0.3, 0.4) is 0 Å². The summed E-state index contributed by atoms with van der Waals surface area (Å²) < 4.78 is 0.641. The molecule has 0 aliphatic carbocycles. The summed E-state index contributed by atoms with van der Waals surface area (Å²) in [6.07, 6.45) is 0. The van der Waals surface area contributed by atoms with Crippen molar-refractivity contribution in [2.75, 3.05) is 13.6 Å². The minimum atomic E-state index is 0.0882. The lowest BCUT2D eigenvalue weighted by atomic mass is 10.1. The van der Waals surface area contributed by atoms with E-state index in [9.17, 15) is 4.79 Å². The molecule has 0 saturated heterocycles. The fraction of sp³-hybridized carbons (Fsp3) is 0.267. The fourth-order valence-corrected chi connectivity index (χ4v) is 3.00. The maximum atomic E-state index is 12.1. The van der Waals surface area contributed by atoms with E-state index in [2.05, 4.69) is 6.92 Å². The number of hydrogen-bond donors (Lipinski definition) is 0. The largest absolute Gasteiger partial charge is 0.292 e. The van der Waals surface area contributed by atoms with Crippen molar-refractivity contribution in [2.24, 2.45) is 0 Å². The molecule has 0 amide bonds. The van der Waals surface area contributed by atoms with E-state index in [0.717, 1.165) is 5.56 Å². The standard InChI is InChI=1S/C15H15Cl2NOS/c1-10(11-3-5-12(16)6-4-11)18(2)9-13(19)14-7-8-15(17)20-14/h3-8,10H,9H2,1-2H3. The van der Waals surface area contributed by atoms with E-state index in [4.69, 9.17) is 23.2 Å². The summed E-state index contributed by atoms with van der Waals surface area (Å²) in [6, 6.07) is 11.4. The lowest BCUT2D eigenvalue weighted by Crippen LogP contribution is -2.28. The Morgan fingerprint density at radius 3 is 2.40 bits per heavy atom. The first-order valence-corrected chi connectivity index (χ1v) is 7.79.